The van der Waals surface area contributed by atoms with Crippen LogP contribution in [-0.4, -0.2) is 23.1 Å². The molecule has 0 aromatic rings. The highest BCUT2D eigenvalue weighted by molar-refractivity contribution is 5.79. The van der Waals surface area contributed by atoms with Crippen LogP contribution in [0.2, 0.25) is 0 Å². The molecule has 0 radical (unpaired) electrons. The zero-order chi connectivity index (χ0) is 19.7. The summed E-state index contributed by atoms with van der Waals surface area (Å²) in [6.07, 6.45) is 6.37. The molecule has 25 heavy (non-hydrogen) atoms. The van der Waals surface area contributed by atoms with Crippen LogP contribution in [0.1, 0.15) is 86.5 Å². The van der Waals surface area contributed by atoms with Gasteiger partial charge in [0.25, 0.3) is 0 Å². The lowest BCUT2D eigenvalue weighted by Gasteiger charge is -2.39. The van der Waals surface area contributed by atoms with Gasteiger partial charge in [-0.3, -0.25) is 9.59 Å². The molecule has 0 amide bonds. The molecule has 4 nitrogen and oxygen atoms in total. The lowest BCUT2D eigenvalue weighted by Crippen LogP contribution is -2.39. The number of carboxylic acid groups (broad SMARTS) is 1. The number of rotatable bonds is 13. The Morgan fingerprint density at radius 3 is 2.12 bits per heavy atom. The second-order valence-electron chi connectivity index (χ2n) is 8.60. The van der Waals surface area contributed by atoms with Crippen molar-refractivity contribution in [1.82, 2.24) is 0 Å². The quantitative estimate of drug-likeness (QED) is 0.345. The number of allylic oxidation sites excluding steroid dienone is 1. The van der Waals surface area contributed by atoms with Gasteiger partial charge in [-0.25, -0.2) is 0 Å². The van der Waals surface area contributed by atoms with E-state index in [-0.39, 0.29) is 23.4 Å². The van der Waals surface area contributed by atoms with Crippen molar-refractivity contribution in [2.45, 2.75) is 92.6 Å². The minimum Gasteiger partial charge on any atom is -0.481 e. The van der Waals surface area contributed by atoms with Gasteiger partial charge >= 0.3 is 11.9 Å². The maximum absolute atomic E-state index is 12.6. The van der Waals surface area contributed by atoms with E-state index in [1.165, 1.54) is 0 Å². The van der Waals surface area contributed by atoms with Crippen molar-refractivity contribution >= 4 is 11.9 Å². The fraction of sp³-hybridized carbons (Fsp3) is 0.810. The Kier molecular flexibility index (Phi) is 10.1. The second-order valence-corrected chi connectivity index (χ2v) is 8.60. The van der Waals surface area contributed by atoms with Crippen molar-refractivity contribution < 1.29 is 19.4 Å². The van der Waals surface area contributed by atoms with Crippen LogP contribution < -0.4 is 0 Å². The summed E-state index contributed by atoms with van der Waals surface area (Å²) >= 11 is 0. The third-order valence-corrected chi connectivity index (χ3v) is 4.89. The van der Waals surface area contributed by atoms with Gasteiger partial charge in [0.2, 0.25) is 0 Å². The first kappa shape index (κ1) is 23.7. The van der Waals surface area contributed by atoms with E-state index >= 15 is 0 Å². The predicted molar refractivity (Wildman–Crippen MR) is 102 cm³/mol. The van der Waals surface area contributed by atoms with Crippen molar-refractivity contribution in [3.05, 3.63) is 12.7 Å². The molecular weight excluding hydrogens is 316 g/mol. The number of hydrogen-bond acceptors (Lipinski definition) is 3. The van der Waals surface area contributed by atoms with E-state index in [1.807, 2.05) is 0 Å². The predicted octanol–water partition coefficient (Wildman–Crippen LogP) is 5.61. The first-order valence-electron chi connectivity index (χ1n) is 9.52. The van der Waals surface area contributed by atoms with Gasteiger partial charge in [-0.15, -0.1) is 6.58 Å². The monoisotopic (exact) mass is 354 g/mol. The Hall–Kier alpha value is -1.32. The van der Waals surface area contributed by atoms with E-state index in [2.05, 4.69) is 48.1 Å². The molecular formula is C21H38O4. The first-order chi connectivity index (χ1) is 11.5. The average molecular weight is 355 g/mol. The summed E-state index contributed by atoms with van der Waals surface area (Å²) in [5, 5.41) is 9.05. The van der Waals surface area contributed by atoms with Crippen LogP contribution in [0.4, 0.5) is 0 Å². The Labute approximate surface area is 154 Å². The van der Waals surface area contributed by atoms with Crippen molar-refractivity contribution in [1.29, 1.82) is 0 Å². The van der Waals surface area contributed by atoms with Gasteiger partial charge in [-0.05, 0) is 31.1 Å². The third kappa shape index (κ3) is 9.08. The molecule has 2 atom stereocenters. The maximum Gasteiger partial charge on any atom is 0.310 e. The molecule has 0 saturated heterocycles. The molecule has 0 rings (SSSR count). The highest BCUT2D eigenvalue weighted by Gasteiger charge is 2.37. The molecule has 0 aliphatic rings. The molecule has 0 aliphatic heterocycles. The molecule has 4 heteroatoms. The first-order valence-corrected chi connectivity index (χ1v) is 9.52. The number of esters is 1. The van der Waals surface area contributed by atoms with Gasteiger partial charge in [0.1, 0.15) is 6.10 Å². The standard InChI is InChI=1S/C21H38O4/c1-8-11-16(14-18(22)23)19(24)25-17(21(6,7)13-10-3)15-20(4,5)12-9-2/h8,16-17H,1,9-15H2,2-7H3,(H,22,23). The van der Waals surface area contributed by atoms with E-state index in [0.717, 1.165) is 32.1 Å². The Morgan fingerprint density at radius 1 is 1.12 bits per heavy atom. The van der Waals surface area contributed by atoms with E-state index in [9.17, 15) is 9.59 Å². The van der Waals surface area contributed by atoms with E-state index in [1.54, 1.807) is 6.08 Å². The Morgan fingerprint density at radius 2 is 1.68 bits per heavy atom. The van der Waals surface area contributed by atoms with Crippen LogP contribution >= 0.6 is 0 Å². The minimum absolute atomic E-state index is 0.0748. The summed E-state index contributed by atoms with van der Waals surface area (Å²) in [4.78, 5) is 23.7. The number of carbonyl (C=O) groups is 2. The van der Waals surface area contributed by atoms with Crippen LogP contribution in [0.25, 0.3) is 0 Å². The zero-order valence-corrected chi connectivity index (χ0v) is 17.1. The highest BCUT2D eigenvalue weighted by atomic mass is 16.5. The van der Waals surface area contributed by atoms with Crippen LogP contribution in [0.3, 0.4) is 0 Å². The summed E-state index contributed by atoms with van der Waals surface area (Å²) in [5.41, 5.74) is -0.0667. The third-order valence-electron chi connectivity index (χ3n) is 4.89. The van der Waals surface area contributed by atoms with Gasteiger partial charge in [-0.2, -0.15) is 0 Å². The Bertz CT molecular complexity index is 437. The van der Waals surface area contributed by atoms with Crippen LogP contribution in [0.5, 0.6) is 0 Å². The van der Waals surface area contributed by atoms with Crippen molar-refractivity contribution in [3.8, 4) is 0 Å². The van der Waals surface area contributed by atoms with Gasteiger partial charge in [0, 0.05) is 5.41 Å². The van der Waals surface area contributed by atoms with Crippen LogP contribution in [-0.2, 0) is 14.3 Å². The summed E-state index contributed by atoms with van der Waals surface area (Å²) in [5.74, 6) is -2.06. The maximum atomic E-state index is 12.6. The number of aliphatic carboxylic acids is 1. The largest absolute Gasteiger partial charge is 0.481 e. The summed E-state index contributed by atoms with van der Waals surface area (Å²) < 4.78 is 5.92. The molecule has 146 valence electrons. The normalized spacial score (nSPS) is 14.6. The van der Waals surface area contributed by atoms with E-state index < -0.39 is 17.9 Å². The molecule has 0 aromatic carbocycles. The molecule has 0 fully saturated rings. The van der Waals surface area contributed by atoms with Gasteiger partial charge < -0.3 is 9.84 Å². The highest BCUT2D eigenvalue weighted by Crippen LogP contribution is 2.39. The summed E-state index contributed by atoms with van der Waals surface area (Å²) in [6.45, 7) is 16.6. The smallest absolute Gasteiger partial charge is 0.310 e. The van der Waals surface area contributed by atoms with Crippen molar-refractivity contribution in [2.75, 3.05) is 0 Å². The number of ether oxygens (including phenoxy) is 1. The van der Waals surface area contributed by atoms with Gasteiger partial charge in [0.05, 0.1) is 12.3 Å². The summed E-state index contributed by atoms with van der Waals surface area (Å²) in [7, 11) is 0. The van der Waals surface area contributed by atoms with E-state index in [4.69, 9.17) is 9.84 Å². The molecule has 0 bridgehead atoms. The topological polar surface area (TPSA) is 63.6 Å². The summed E-state index contributed by atoms with van der Waals surface area (Å²) in [6, 6.07) is 0. The van der Waals surface area contributed by atoms with Gasteiger partial charge in [0.15, 0.2) is 0 Å². The molecule has 2 unspecified atom stereocenters. The van der Waals surface area contributed by atoms with E-state index in [0.29, 0.717) is 6.42 Å². The van der Waals surface area contributed by atoms with Crippen LogP contribution in [0.15, 0.2) is 12.7 Å². The lowest BCUT2D eigenvalue weighted by molar-refractivity contribution is -0.165. The number of carbonyl (C=O) groups excluding carboxylic acids is 1. The minimum atomic E-state index is -0.987. The zero-order valence-electron chi connectivity index (χ0n) is 17.1. The fourth-order valence-corrected chi connectivity index (χ4v) is 3.47. The molecule has 1 N–H and O–H groups in total. The lowest BCUT2D eigenvalue weighted by atomic mass is 9.73. The van der Waals surface area contributed by atoms with Crippen LogP contribution in [0, 0.1) is 16.7 Å². The second kappa shape index (κ2) is 10.6. The average Bonchev–Trinajstić information content (AvgIpc) is 2.45. The fourth-order valence-electron chi connectivity index (χ4n) is 3.47. The Balaban J connectivity index is 5.35. The molecule has 0 saturated carbocycles. The SMILES string of the molecule is C=CCC(CC(=O)O)C(=O)OC(CC(C)(C)CCC)C(C)(C)CCC. The van der Waals surface area contributed by atoms with Gasteiger partial charge in [-0.1, -0.05) is 60.5 Å². The molecule has 0 spiro atoms. The number of hydrogen-bond donors (Lipinski definition) is 1. The molecule has 0 aliphatic carbocycles. The molecule has 0 heterocycles. The van der Waals surface area contributed by atoms with Crippen molar-refractivity contribution in [2.24, 2.45) is 16.7 Å². The number of carboxylic acids is 1. The van der Waals surface area contributed by atoms with Crippen molar-refractivity contribution in [3.63, 3.8) is 0 Å². The molecule has 0 aromatic heterocycles.